The van der Waals surface area contributed by atoms with Crippen molar-refractivity contribution in [3.05, 3.63) is 0 Å². The zero-order chi connectivity index (χ0) is 11.1. The third kappa shape index (κ3) is 4.36. The molecule has 1 fully saturated rings. The molecule has 1 aliphatic rings. The molecule has 0 N–H and O–H groups in total. The van der Waals surface area contributed by atoms with Crippen LogP contribution < -0.4 is 0 Å². The van der Waals surface area contributed by atoms with Gasteiger partial charge >= 0.3 is 0 Å². The molecule has 0 bridgehead atoms. The predicted octanol–water partition coefficient (Wildman–Crippen LogP) is 4.35. The number of carbonyl (C=O) groups excluding carboxylic acids is 1. The fraction of sp³-hybridized carbons (Fsp3) is 0.929. The van der Waals surface area contributed by atoms with Gasteiger partial charge in [-0.3, -0.25) is 4.79 Å². The van der Waals surface area contributed by atoms with E-state index in [1.54, 1.807) is 0 Å². The fourth-order valence-electron chi connectivity index (χ4n) is 2.65. The summed E-state index contributed by atoms with van der Waals surface area (Å²) in [5, 5.41) is 0. The van der Waals surface area contributed by atoms with Crippen LogP contribution in [0.5, 0.6) is 0 Å². The van der Waals surface area contributed by atoms with Gasteiger partial charge in [-0.2, -0.15) is 0 Å². The highest BCUT2D eigenvalue weighted by molar-refractivity contribution is 5.80. The molecule has 0 aromatic heterocycles. The molecule has 0 unspecified atom stereocenters. The molecule has 0 aromatic carbocycles. The molecule has 0 atom stereocenters. The van der Waals surface area contributed by atoms with Crippen LogP contribution in [-0.2, 0) is 4.79 Å². The highest BCUT2D eigenvalue weighted by Crippen LogP contribution is 2.31. The smallest absolute Gasteiger partial charge is 0.135 e. The lowest BCUT2D eigenvalue weighted by Gasteiger charge is -2.26. The average molecular weight is 210 g/mol. The quantitative estimate of drug-likeness (QED) is 0.596. The highest BCUT2D eigenvalue weighted by atomic mass is 16.1. The van der Waals surface area contributed by atoms with E-state index in [0.29, 0.717) is 11.7 Å². The molecule has 0 radical (unpaired) electrons. The summed E-state index contributed by atoms with van der Waals surface area (Å²) in [6.45, 7) is 4.46. The number of rotatable bonds is 6. The third-order valence-corrected chi connectivity index (χ3v) is 3.91. The Bertz CT molecular complexity index is 178. The van der Waals surface area contributed by atoms with Crippen molar-refractivity contribution in [2.75, 3.05) is 0 Å². The number of carbonyl (C=O) groups is 1. The maximum Gasteiger partial charge on any atom is 0.135 e. The first kappa shape index (κ1) is 12.7. The van der Waals surface area contributed by atoms with Gasteiger partial charge in [0.05, 0.1) is 0 Å². The Balaban J connectivity index is 2.18. The average Bonchev–Trinajstić information content (AvgIpc) is 2.29. The van der Waals surface area contributed by atoms with Crippen molar-refractivity contribution in [1.29, 1.82) is 0 Å². The van der Waals surface area contributed by atoms with Crippen molar-refractivity contribution in [2.24, 2.45) is 11.8 Å². The molecule has 0 aliphatic heterocycles. The lowest BCUT2D eigenvalue weighted by molar-refractivity contribution is -0.124. The highest BCUT2D eigenvalue weighted by Gasteiger charge is 2.24. The van der Waals surface area contributed by atoms with E-state index in [9.17, 15) is 4.79 Å². The number of unbranched alkanes of at least 4 members (excludes halogenated alkanes) is 2. The maximum atomic E-state index is 11.9. The van der Waals surface area contributed by atoms with Gasteiger partial charge in [0.15, 0.2) is 0 Å². The largest absolute Gasteiger partial charge is 0.299 e. The predicted molar refractivity (Wildman–Crippen MR) is 64.9 cm³/mol. The van der Waals surface area contributed by atoms with Gasteiger partial charge < -0.3 is 0 Å². The first-order valence-electron chi connectivity index (χ1n) is 6.80. The Morgan fingerprint density at radius 3 is 2.27 bits per heavy atom. The molecule has 0 heterocycles. The number of ketones is 1. The first-order valence-corrected chi connectivity index (χ1v) is 6.80. The molecule has 1 heteroatoms. The van der Waals surface area contributed by atoms with Crippen LogP contribution in [0.15, 0.2) is 0 Å². The van der Waals surface area contributed by atoms with Crippen LogP contribution >= 0.6 is 0 Å². The van der Waals surface area contributed by atoms with Gasteiger partial charge in [-0.1, -0.05) is 33.1 Å². The van der Waals surface area contributed by atoms with Gasteiger partial charge in [-0.25, -0.2) is 0 Å². The molecule has 0 amide bonds. The minimum absolute atomic E-state index is 0.421. The van der Waals surface area contributed by atoms with Crippen LogP contribution in [0.1, 0.15) is 71.6 Å². The van der Waals surface area contributed by atoms with Crippen LogP contribution in [0.4, 0.5) is 0 Å². The molecule has 15 heavy (non-hydrogen) atoms. The van der Waals surface area contributed by atoms with Crippen molar-refractivity contribution in [3.63, 3.8) is 0 Å². The Kier molecular flexibility index (Phi) is 5.97. The van der Waals surface area contributed by atoms with Crippen molar-refractivity contribution in [1.82, 2.24) is 0 Å². The molecule has 1 saturated carbocycles. The van der Waals surface area contributed by atoms with Gasteiger partial charge in [-0.15, -0.1) is 0 Å². The second kappa shape index (κ2) is 7.03. The summed E-state index contributed by atoms with van der Waals surface area (Å²) in [7, 11) is 0. The summed E-state index contributed by atoms with van der Waals surface area (Å²) in [6.07, 6.45) is 10.6. The fourth-order valence-corrected chi connectivity index (χ4v) is 2.65. The van der Waals surface area contributed by atoms with Gasteiger partial charge in [0.25, 0.3) is 0 Å². The number of hydrogen-bond donors (Lipinski definition) is 0. The topological polar surface area (TPSA) is 17.1 Å². The van der Waals surface area contributed by atoms with E-state index in [-0.39, 0.29) is 0 Å². The lowest BCUT2D eigenvalue weighted by atomic mass is 9.78. The molecule has 1 aliphatic carbocycles. The molecule has 0 aromatic rings. The van der Waals surface area contributed by atoms with E-state index in [2.05, 4.69) is 13.8 Å². The van der Waals surface area contributed by atoms with Crippen LogP contribution in [-0.4, -0.2) is 5.78 Å². The standard InChI is InChI=1S/C14H26O/c1-3-5-6-7-14(15)13-10-8-12(4-2)9-11-13/h12-13H,3-11H2,1-2H3. The Morgan fingerprint density at radius 1 is 1.07 bits per heavy atom. The molecule has 1 nitrogen and oxygen atoms in total. The molecular formula is C14H26O. The summed E-state index contributed by atoms with van der Waals surface area (Å²) >= 11 is 0. The zero-order valence-electron chi connectivity index (χ0n) is 10.4. The van der Waals surface area contributed by atoms with Crippen molar-refractivity contribution in [3.8, 4) is 0 Å². The molecule has 0 spiro atoms. The van der Waals surface area contributed by atoms with Gasteiger partial charge in [0.1, 0.15) is 5.78 Å². The van der Waals surface area contributed by atoms with E-state index >= 15 is 0 Å². The second-order valence-corrected chi connectivity index (χ2v) is 5.05. The van der Waals surface area contributed by atoms with Gasteiger partial charge in [0, 0.05) is 12.3 Å². The minimum atomic E-state index is 0.421. The summed E-state index contributed by atoms with van der Waals surface area (Å²) in [5.74, 6) is 1.88. The summed E-state index contributed by atoms with van der Waals surface area (Å²) in [4.78, 5) is 11.9. The lowest BCUT2D eigenvalue weighted by Crippen LogP contribution is -2.21. The SMILES string of the molecule is CCCCCC(=O)C1CCC(CC)CC1. The van der Waals surface area contributed by atoms with Gasteiger partial charge in [0.2, 0.25) is 0 Å². The Labute approximate surface area is 94.6 Å². The van der Waals surface area contributed by atoms with E-state index in [1.807, 2.05) is 0 Å². The zero-order valence-corrected chi connectivity index (χ0v) is 10.4. The van der Waals surface area contributed by atoms with E-state index in [0.717, 1.165) is 18.8 Å². The van der Waals surface area contributed by atoms with Crippen molar-refractivity contribution < 1.29 is 4.79 Å². The van der Waals surface area contributed by atoms with E-state index < -0.39 is 0 Å². The molecule has 88 valence electrons. The molecular weight excluding hydrogens is 184 g/mol. The first-order chi connectivity index (χ1) is 7.27. The summed E-state index contributed by atoms with van der Waals surface area (Å²) in [5.41, 5.74) is 0. The number of Topliss-reactive ketones (excluding diaryl/α,β-unsaturated/α-hetero) is 1. The van der Waals surface area contributed by atoms with E-state index in [4.69, 9.17) is 0 Å². The summed E-state index contributed by atoms with van der Waals surface area (Å²) in [6, 6.07) is 0. The molecule has 0 saturated heterocycles. The monoisotopic (exact) mass is 210 g/mol. The second-order valence-electron chi connectivity index (χ2n) is 5.05. The van der Waals surface area contributed by atoms with Crippen LogP contribution in [0, 0.1) is 11.8 Å². The molecule has 1 rings (SSSR count). The van der Waals surface area contributed by atoms with Crippen LogP contribution in [0.2, 0.25) is 0 Å². The van der Waals surface area contributed by atoms with Crippen molar-refractivity contribution in [2.45, 2.75) is 71.6 Å². The van der Waals surface area contributed by atoms with Crippen LogP contribution in [0.25, 0.3) is 0 Å². The third-order valence-electron chi connectivity index (χ3n) is 3.91. The Hall–Kier alpha value is -0.330. The maximum absolute atomic E-state index is 11.9. The van der Waals surface area contributed by atoms with E-state index in [1.165, 1.54) is 44.9 Å². The summed E-state index contributed by atoms with van der Waals surface area (Å²) < 4.78 is 0. The Morgan fingerprint density at radius 2 is 1.73 bits per heavy atom. The normalized spacial score (nSPS) is 26.5. The van der Waals surface area contributed by atoms with Crippen LogP contribution in [0.3, 0.4) is 0 Å². The minimum Gasteiger partial charge on any atom is -0.299 e. The van der Waals surface area contributed by atoms with Crippen molar-refractivity contribution >= 4 is 5.78 Å². The van der Waals surface area contributed by atoms with Gasteiger partial charge in [-0.05, 0) is 38.0 Å². The number of hydrogen-bond acceptors (Lipinski definition) is 1.